The van der Waals surface area contributed by atoms with Gasteiger partial charge in [0, 0.05) is 12.3 Å². The Labute approximate surface area is 137 Å². The van der Waals surface area contributed by atoms with Crippen molar-refractivity contribution in [3.8, 4) is 11.5 Å². The molecule has 1 aromatic rings. The Morgan fingerprint density at radius 1 is 1.22 bits per heavy atom. The van der Waals surface area contributed by atoms with Crippen molar-refractivity contribution in [2.45, 2.75) is 57.0 Å². The van der Waals surface area contributed by atoms with Gasteiger partial charge in [0.15, 0.2) is 11.5 Å². The van der Waals surface area contributed by atoms with Gasteiger partial charge < -0.3 is 15.2 Å². The number of nitrogens with two attached hydrogens (primary N) is 1. The molecule has 2 N–H and O–H groups in total. The Bertz CT molecular complexity index is 603. The van der Waals surface area contributed by atoms with Crippen molar-refractivity contribution in [1.82, 2.24) is 0 Å². The zero-order valence-corrected chi connectivity index (χ0v) is 13.7. The van der Waals surface area contributed by atoms with E-state index in [4.69, 9.17) is 15.2 Å². The van der Waals surface area contributed by atoms with Gasteiger partial charge in [-0.25, -0.2) is 0 Å². The summed E-state index contributed by atoms with van der Waals surface area (Å²) >= 11 is 0. The molecule has 1 amide bonds. The van der Waals surface area contributed by atoms with Crippen LogP contribution in [0.1, 0.15) is 56.4 Å². The molecule has 0 aliphatic heterocycles. The molecule has 0 radical (unpaired) electrons. The monoisotopic (exact) mass is 315 g/mol. The third-order valence-corrected chi connectivity index (χ3v) is 4.83. The first kappa shape index (κ1) is 15.9. The van der Waals surface area contributed by atoms with Crippen molar-refractivity contribution in [3.63, 3.8) is 0 Å². The van der Waals surface area contributed by atoms with Crippen molar-refractivity contribution in [2.24, 2.45) is 5.73 Å². The van der Waals surface area contributed by atoms with Gasteiger partial charge in [-0.15, -0.1) is 0 Å². The summed E-state index contributed by atoms with van der Waals surface area (Å²) in [4.78, 5) is 11.1. The molecule has 1 unspecified atom stereocenters. The highest BCUT2D eigenvalue weighted by molar-refractivity contribution is 5.76. The second-order valence-corrected chi connectivity index (χ2v) is 6.55. The average molecular weight is 315 g/mol. The number of hydrogen-bond donors (Lipinski definition) is 1. The van der Waals surface area contributed by atoms with E-state index in [2.05, 4.69) is 18.2 Å². The maximum absolute atomic E-state index is 11.1. The summed E-state index contributed by atoms with van der Waals surface area (Å²) in [7, 11) is 1.68. The van der Waals surface area contributed by atoms with Gasteiger partial charge in [-0.2, -0.15) is 0 Å². The summed E-state index contributed by atoms with van der Waals surface area (Å²) in [5.41, 5.74) is 7.66. The molecule has 1 aromatic carbocycles. The summed E-state index contributed by atoms with van der Waals surface area (Å²) in [5.74, 6) is 1.71. The number of allylic oxidation sites excluding steroid dienone is 1. The number of methoxy groups -OCH3 is 1. The number of ether oxygens (including phenoxy) is 2. The molecule has 1 atom stereocenters. The predicted molar refractivity (Wildman–Crippen MR) is 89.7 cm³/mol. The standard InChI is InChI=1S/C19H25NO3/c1-22-17-9-8-15(12-18(17)23-16-4-2-3-5-16)14-7-6-13(10-14)11-19(20)21/h8-10,12,14,16H,2-7,11H2,1H3,(H2,20,21). The fourth-order valence-corrected chi connectivity index (χ4v) is 3.63. The van der Waals surface area contributed by atoms with Crippen molar-refractivity contribution in [2.75, 3.05) is 7.11 Å². The van der Waals surface area contributed by atoms with Gasteiger partial charge >= 0.3 is 0 Å². The normalized spacial score (nSPS) is 21.3. The van der Waals surface area contributed by atoms with E-state index < -0.39 is 0 Å². The fourth-order valence-electron chi connectivity index (χ4n) is 3.63. The van der Waals surface area contributed by atoms with Crippen molar-refractivity contribution < 1.29 is 14.3 Å². The third kappa shape index (κ3) is 3.87. The van der Waals surface area contributed by atoms with Crippen molar-refractivity contribution in [1.29, 1.82) is 0 Å². The summed E-state index contributed by atoms with van der Waals surface area (Å²) in [5, 5.41) is 0. The first-order chi connectivity index (χ1) is 11.2. The third-order valence-electron chi connectivity index (χ3n) is 4.83. The Morgan fingerprint density at radius 2 is 2.00 bits per heavy atom. The maximum atomic E-state index is 11.1. The molecule has 23 heavy (non-hydrogen) atoms. The van der Waals surface area contributed by atoms with E-state index >= 15 is 0 Å². The molecule has 0 saturated heterocycles. The van der Waals surface area contributed by atoms with E-state index in [9.17, 15) is 4.79 Å². The SMILES string of the molecule is COc1ccc(C2C=C(CC(N)=O)CC2)cc1OC1CCCC1. The lowest BCUT2D eigenvalue weighted by Crippen LogP contribution is -2.12. The summed E-state index contributed by atoms with van der Waals surface area (Å²) in [6.45, 7) is 0. The number of benzene rings is 1. The molecule has 2 aliphatic carbocycles. The average Bonchev–Trinajstić information content (AvgIpc) is 3.18. The second kappa shape index (κ2) is 7.07. The number of rotatable bonds is 6. The minimum atomic E-state index is -0.253. The molecule has 2 aliphatic rings. The topological polar surface area (TPSA) is 61.5 Å². The molecule has 4 nitrogen and oxygen atoms in total. The molecule has 1 saturated carbocycles. The lowest BCUT2D eigenvalue weighted by atomic mass is 9.98. The first-order valence-electron chi connectivity index (χ1n) is 8.48. The Morgan fingerprint density at radius 3 is 2.70 bits per heavy atom. The highest BCUT2D eigenvalue weighted by Crippen LogP contribution is 2.39. The summed E-state index contributed by atoms with van der Waals surface area (Å²) in [6.07, 6.45) is 9.58. The number of carbonyl (C=O) groups excluding carboxylic acids is 1. The van der Waals surface area contributed by atoms with Crippen LogP contribution in [0.15, 0.2) is 29.8 Å². The van der Waals surface area contributed by atoms with Gasteiger partial charge in [0.25, 0.3) is 0 Å². The molecule has 1 fully saturated rings. The number of primary amides is 1. The van der Waals surface area contributed by atoms with Gasteiger partial charge in [0.1, 0.15) is 0 Å². The van der Waals surface area contributed by atoms with Crippen LogP contribution in [0.5, 0.6) is 11.5 Å². The van der Waals surface area contributed by atoms with Gasteiger partial charge in [-0.3, -0.25) is 4.79 Å². The van der Waals surface area contributed by atoms with Crippen LogP contribution < -0.4 is 15.2 Å². The van der Waals surface area contributed by atoms with Gasteiger partial charge in [-0.1, -0.05) is 17.7 Å². The number of carbonyl (C=O) groups is 1. The van der Waals surface area contributed by atoms with E-state index in [1.807, 2.05) is 6.07 Å². The molecular formula is C19H25NO3. The van der Waals surface area contributed by atoms with Crippen LogP contribution >= 0.6 is 0 Å². The molecule has 0 bridgehead atoms. The lowest BCUT2D eigenvalue weighted by molar-refractivity contribution is -0.117. The fraction of sp³-hybridized carbons (Fsp3) is 0.526. The molecular weight excluding hydrogens is 290 g/mol. The largest absolute Gasteiger partial charge is 0.493 e. The molecule has 3 rings (SSSR count). The predicted octanol–water partition coefficient (Wildman–Crippen LogP) is 3.70. The quantitative estimate of drug-likeness (QED) is 0.814. The molecule has 0 heterocycles. The van der Waals surface area contributed by atoms with Crippen LogP contribution in [0, 0.1) is 0 Å². The van der Waals surface area contributed by atoms with Gasteiger partial charge in [0.2, 0.25) is 5.91 Å². The lowest BCUT2D eigenvalue weighted by Gasteiger charge is -2.18. The highest BCUT2D eigenvalue weighted by Gasteiger charge is 2.22. The Balaban J connectivity index is 1.77. The van der Waals surface area contributed by atoms with E-state index in [1.54, 1.807) is 7.11 Å². The molecule has 4 heteroatoms. The Hall–Kier alpha value is -1.97. The van der Waals surface area contributed by atoms with Crippen molar-refractivity contribution >= 4 is 5.91 Å². The van der Waals surface area contributed by atoms with E-state index in [0.29, 0.717) is 18.4 Å². The minimum absolute atomic E-state index is 0.253. The molecule has 0 aromatic heterocycles. The van der Waals surface area contributed by atoms with E-state index in [0.717, 1.165) is 42.8 Å². The van der Waals surface area contributed by atoms with Crippen LogP contribution in [0.3, 0.4) is 0 Å². The van der Waals surface area contributed by atoms with Crippen LogP contribution in [0.2, 0.25) is 0 Å². The number of amides is 1. The second-order valence-electron chi connectivity index (χ2n) is 6.55. The minimum Gasteiger partial charge on any atom is -0.493 e. The summed E-state index contributed by atoms with van der Waals surface area (Å²) < 4.78 is 11.6. The maximum Gasteiger partial charge on any atom is 0.221 e. The zero-order chi connectivity index (χ0) is 16.2. The van der Waals surface area contributed by atoms with Crippen LogP contribution in [0.25, 0.3) is 0 Å². The molecule has 0 spiro atoms. The smallest absolute Gasteiger partial charge is 0.221 e. The van der Waals surface area contributed by atoms with Crippen LogP contribution in [0.4, 0.5) is 0 Å². The number of hydrogen-bond acceptors (Lipinski definition) is 3. The van der Waals surface area contributed by atoms with Crippen LogP contribution in [-0.2, 0) is 4.79 Å². The van der Waals surface area contributed by atoms with Gasteiger partial charge in [0.05, 0.1) is 13.2 Å². The molecule has 124 valence electrons. The van der Waals surface area contributed by atoms with E-state index in [1.165, 1.54) is 18.4 Å². The first-order valence-corrected chi connectivity index (χ1v) is 8.48. The van der Waals surface area contributed by atoms with Crippen molar-refractivity contribution in [3.05, 3.63) is 35.4 Å². The van der Waals surface area contributed by atoms with Gasteiger partial charge in [-0.05, 0) is 56.2 Å². The highest BCUT2D eigenvalue weighted by atomic mass is 16.5. The summed E-state index contributed by atoms with van der Waals surface area (Å²) in [6, 6.07) is 6.18. The van der Waals surface area contributed by atoms with E-state index in [-0.39, 0.29) is 5.91 Å². The van der Waals surface area contributed by atoms with Crippen LogP contribution in [-0.4, -0.2) is 19.1 Å². The zero-order valence-electron chi connectivity index (χ0n) is 13.7. The Kier molecular flexibility index (Phi) is 4.89.